The van der Waals surface area contributed by atoms with Crippen LogP contribution in [0.3, 0.4) is 0 Å². The number of ether oxygens (including phenoxy) is 1. The van der Waals surface area contributed by atoms with Gasteiger partial charge < -0.3 is 4.74 Å². The second kappa shape index (κ2) is 4.59. The molecule has 0 aliphatic heterocycles. The summed E-state index contributed by atoms with van der Waals surface area (Å²) in [5.41, 5.74) is 1.17. The Morgan fingerprint density at radius 3 is 2.80 bits per heavy atom. The van der Waals surface area contributed by atoms with Gasteiger partial charge in [0.25, 0.3) is 0 Å². The maximum Gasteiger partial charge on any atom is 0.424 e. The molecule has 84 valence electrons. The van der Waals surface area contributed by atoms with Gasteiger partial charge in [-0.3, -0.25) is 4.98 Å². The van der Waals surface area contributed by atoms with Gasteiger partial charge in [0.2, 0.25) is 0 Å². The van der Waals surface area contributed by atoms with E-state index in [1.54, 1.807) is 32.5 Å². The molecule has 0 saturated heterocycles. The van der Waals surface area contributed by atoms with Crippen molar-refractivity contribution in [2.45, 2.75) is 32.9 Å². The molecule has 0 unspecified atom stereocenters. The summed E-state index contributed by atoms with van der Waals surface area (Å²) in [4.78, 5) is 16.3. The number of hydrogen-bond acceptors (Lipinski definition) is 5. The van der Waals surface area contributed by atoms with Crippen molar-refractivity contribution in [2.75, 3.05) is 0 Å². The molecule has 5 nitrogen and oxygen atoms in total. The first kappa shape index (κ1) is 11.9. The third kappa shape index (κ3) is 4.26. The Morgan fingerprint density at radius 2 is 2.33 bits per heavy atom. The van der Waals surface area contributed by atoms with Crippen LogP contribution in [0.4, 0.5) is 4.79 Å². The molecule has 0 radical (unpaired) electrons. The van der Waals surface area contributed by atoms with Crippen molar-refractivity contribution >= 4 is 17.4 Å². The minimum atomic E-state index is -0.532. The van der Waals surface area contributed by atoms with Gasteiger partial charge in [-0.2, -0.15) is 0 Å². The minimum absolute atomic E-state index is 0.319. The lowest BCUT2D eigenvalue weighted by atomic mass is 10.2. The zero-order chi connectivity index (χ0) is 11.5. The van der Waals surface area contributed by atoms with Crippen molar-refractivity contribution in [1.29, 1.82) is 0 Å². The molecule has 0 bridgehead atoms. The van der Waals surface area contributed by atoms with Crippen LogP contribution in [-0.4, -0.2) is 21.7 Å². The highest BCUT2D eigenvalue weighted by molar-refractivity contribution is 7.09. The van der Waals surface area contributed by atoms with Crippen LogP contribution < -0.4 is 5.84 Å². The third-order valence-electron chi connectivity index (χ3n) is 1.44. The van der Waals surface area contributed by atoms with Gasteiger partial charge in [-0.1, -0.05) is 0 Å². The van der Waals surface area contributed by atoms with E-state index in [4.69, 9.17) is 10.6 Å². The smallest absolute Gasteiger partial charge is 0.424 e. The second-order valence-electron chi connectivity index (χ2n) is 4.08. The Hall–Kier alpha value is -1.14. The van der Waals surface area contributed by atoms with E-state index in [0.29, 0.717) is 6.54 Å². The Bertz CT molecular complexity index is 319. The molecule has 0 aliphatic rings. The average molecular weight is 229 g/mol. The molecule has 0 spiro atoms. The van der Waals surface area contributed by atoms with Gasteiger partial charge in [-0.25, -0.2) is 15.6 Å². The minimum Gasteiger partial charge on any atom is -0.443 e. The van der Waals surface area contributed by atoms with Crippen LogP contribution in [0.1, 0.15) is 25.6 Å². The van der Waals surface area contributed by atoms with Crippen molar-refractivity contribution in [2.24, 2.45) is 5.84 Å². The summed E-state index contributed by atoms with van der Waals surface area (Å²) < 4.78 is 5.09. The number of hydrogen-bond donors (Lipinski definition) is 1. The number of nitrogens with two attached hydrogens (primary N) is 1. The fraction of sp³-hybridized carbons (Fsp3) is 0.556. The van der Waals surface area contributed by atoms with E-state index in [1.807, 2.05) is 0 Å². The number of carbonyl (C=O) groups excluding carboxylic acids is 1. The number of hydrazine groups is 1. The lowest BCUT2D eigenvalue weighted by molar-refractivity contribution is 0.0233. The highest BCUT2D eigenvalue weighted by Gasteiger charge is 2.20. The van der Waals surface area contributed by atoms with E-state index in [2.05, 4.69) is 4.98 Å². The lowest BCUT2D eigenvalue weighted by Crippen LogP contribution is -2.40. The summed E-state index contributed by atoms with van der Waals surface area (Å²) >= 11 is 1.45. The zero-order valence-corrected chi connectivity index (χ0v) is 9.87. The van der Waals surface area contributed by atoms with Gasteiger partial charge in [0, 0.05) is 11.1 Å². The van der Waals surface area contributed by atoms with Crippen molar-refractivity contribution < 1.29 is 9.53 Å². The first-order valence-electron chi connectivity index (χ1n) is 4.51. The predicted octanol–water partition coefficient (Wildman–Crippen LogP) is 1.75. The first-order chi connectivity index (χ1) is 6.88. The molecule has 1 amide bonds. The molecule has 0 atom stereocenters. The molecule has 6 heteroatoms. The summed E-state index contributed by atoms with van der Waals surface area (Å²) in [6.45, 7) is 5.71. The number of amides is 1. The quantitative estimate of drug-likeness (QED) is 0.476. The van der Waals surface area contributed by atoms with Gasteiger partial charge >= 0.3 is 6.09 Å². The fourth-order valence-corrected chi connectivity index (χ4v) is 1.47. The topological polar surface area (TPSA) is 68.5 Å². The van der Waals surface area contributed by atoms with E-state index in [9.17, 15) is 4.79 Å². The lowest BCUT2D eigenvalue weighted by Gasteiger charge is -2.23. The monoisotopic (exact) mass is 229 g/mol. The number of rotatable bonds is 2. The number of nitrogens with zero attached hydrogens (tertiary/aromatic N) is 2. The summed E-state index contributed by atoms with van der Waals surface area (Å²) in [6.07, 6.45) is 1.14. The number of thiazole rings is 1. The van der Waals surface area contributed by atoms with Gasteiger partial charge in [0.15, 0.2) is 0 Å². The Labute approximate surface area is 92.8 Å². The third-order valence-corrected chi connectivity index (χ3v) is 2.20. The first-order valence-corrected chi connectivity index (χ1v) is 5.39. The number of aromatic nitrogens is 1. The van der Waals surface area contributed by atoms with Gasteiger partial charge in [-0.05, 0) is 20.8 Å². The predicted molar refractivity (Wildman–Crippen MR) is 58.1 cm³/mol. The van der Waals surface area contributed by atoms with Crippen LogP contribution in [0.2, 0.25) is 0 Å². The second-order valence-corrected chi connectivity index (χ2v) is 5.05. The average Bonchev–Trinajstić information content (AvgIpc) is 2.53. The summed E-state index contributed by atoms with van der Waals surface area (Å²) in [6, 6.07) is 0. The molecule has 1 aromatic heterocycles. The van der Waals surface area contributed by atoms with E-state index in [0.717, 1.165) is 9.89 Å². The summed E-state index contributed by atoms with van der Waals surface area (Å²) in [5, 5.41) is 1.04. The molecule has 0 fully saturated rings. The van der Waals surface area contributed by atoms with Crippen molar-refractivity contribution in [3.8, 4) is 0 Å². The van der Waals surface area contributed by atoms with Gasteiger partial charge in [-0.15, -0.1) is 11.3 Å². The molecule has 1 rings (SSSR count). The van der Waals surface area contributed by atoms with Crippen LogP contribution in [0.15, 0.2) is 11.7 Å². The maximum atomic E-state index is 11.4. The molecule has 1 heterocycles. The molecular weight excluding hydrogens is 214 g/mol. The van der Waals surface area contributed by atoms with Crippen LogP contribution in [-0.2, 0) is 11.3 Å². The summed E-state index contributed by atoms with van der Waals surface area (Å²) in [7, 11) is 0. The fourth-order valence-electron chi connectivity index (χ4n) is 0.873. The largest absolute Gasteiger partial charge is 0.443 e. The van der Waals surface area contributed by atoms with Crippen LogP contribution in [0.25, 0.3) is 0 Å². The Balaban J connectivity index is 2.47. The highest BCUT2D eigenvalue weighted by Crippen LogP contribution is 2.11. The van der Waals surface area contributed by atoms with Crippen molar-refractivity contribution in [3.05, 3.63) is 16.6 Å². The molecule has 0 aliphatic carbocycles. The molecule has 0 saturated carbocycles. The molecule has 1 aromatic rings. The van der Waals surface area contributed by atoms with E-state index >= 15 is 0 Å². The van der Waals surface area contributed by atoms with Gasteiger partial charge in [0.1, 0.15) is 5.60 Å². The van der Waals surface area contributed by atoms with Crippen LogP contribution >= 0.6 is 11.3 Å². The van der Waals surface area contributed by atoms with Crippen molar-refractivity contribution in [1.82, 2.24) is 9.99 Å². The molecule has 2 N–H and O–H groups in total. The molecule has 0 aromatic carbocycles. The summed E-state index contributed by atoms with van der Waals surface area (Å²) in [5.74, 6) is 5.55. The van der Waals surface area contributed by atoms with Crippen LogP contribution in [0, 0.1) is 0 Å². The van der Waals surface area contributed by atoms with E-state index in [-0.39, 0.29) is 0 Å². The van der Waals surface area contributed by atoms with E-state index < -0.39 is 11.7 Å². The van der Waals surface area contributed by atoms with E-state index in [1.165, 1.54) is 11.3 Å². The normalized spacial score (nSPS) is 11.2. The molecule has 15 heavy (non-hydrogen) atoms. The SMILES string of the molecule is CC(C)(C)OC(=O)N(N)Cc1cncs1. The molecular formula is C9H15N3O2S. The van der Waals surface area contributed by atoms with Gasteiger partial charge in [0.05, 0.1) is 12.1 Å². The number of carbonyl (C=O) groups is 1. The zero-order valence-electron chi connectivity index (χ0n) is 9.06. The Kier molecular flexibility index (Phi) is 3.65. The Morgan fingerprint density at radius 1 is 1.67 bits per heavy atom. The van der Waals surface area contributed by atoms with Crippen molar-refractivity contribution in [3.63, 3.8) is 0 Å². The van der Waals surface area contributed by atoms with Crippen LogP contribution in [0.5, 0.6) is 0 Å². The highest BCUT2D eigenvalue weighted by atomic mass is 32.1. The standard InChI is InChI=1S/C9H15N3O2S/c1-9(2,3)14-8(13)12(10)5-7-4-11-6-15-7/h4,6H,5,10H2,1-3H3. The maximum absolute atomic E-state index is 11.4.